The van der Waals surface area contributed by atoms with E-state index in [-0.39, 0.29) is 11.8 Å². The maximum atomic E-state index is 12.9. The third-order valence-electron chi connectivity index (χ3n) is 5.26. The van der Waals surface area contributed by atoms with Crippen molar-refractivity contribution in [1.82, 2.24) is 4.90 Å². The van der Waals surface area contributed by atoms with Crippen LogP contribution in [0.4, 0.5) is 10.1 Å². The standard InChI is InChI=1S/C23H25FN2O4/c1-15-5-3-4-6-20(15)22(28)26-13-11-17(12-14-26)23(29)30-16(2)21(27)25-19-9-7-18(24)8-10-19/h3-10,16-17H,11-14H2,1-2H3,(H,25,27)/t16-/m0/s1. The van der Waals surface area contributed by atoms with Crippen molar-refractivity contribution in [2.24, 2.45) is 5.92 Å². The molecule has 6 nitrogen and oxygen atoms in total. The van der Waals surface area contributed by atoms with Crippen LogP contribution in [0.2, 0.25) is 0 Å². The van der Waals surface area contributed by atoms with E-state index in [1.54, 1.807) is 11.0 Å². The lowest BCUT2D eigenvalue weighted by atomic mass is 9.96. The van der Waals surface area contributed by atoms with Gasteiger partial charge >= 0.3 is 5.97 Å². The molecule has 1 saturated heterocycles. The first-order valence-corrected chi connectivity index (χ1v) is 9.97. The van der Waals surface area contributed by atoms with Gasteiger partial charge in [0.05, 0.1) is 5.92 Å². The molecule has 0 radical (unpaired) electrons. The highest BCUT2D eigenvalue weighted by atomic mass is 19.1. The Morgan fingerprint density at radius 2 is 1.70 bits per heavy atom. The van der Waals surface area contributed by atoms with Crippen LogP contribution in [0.3, 0.4) is 0 Å². The Morgan fingerprint density at radius 3 is 2.33 bits per heavy atom. The average Bonchev–Trinajstić information content (AvgIpc) is 2.75. The van der Waals surface area contributed by atoms with Gasteiger partial charge in [0, 0.05) is 24.3 Å². The third-order valence-corrected chi connectivity index (χ3v) is 5.26. The fourth-order valence-electron chi connectivity index (χ4n) is 3.40. The summed E-state index contributed by atoms with van der Waals surface area (Å²) in [4.78, 5) is 39.1. The van der Waals surface area contributed by atoms with Crippen LogP contribution < -0.4 is 5.32 Å². The lowest BCUT2D eigenvalue weighted by Crippen LogP contribution is -2.42. The molecule has 3 rings (SSSR count). The number of ether oxygens (including phenoxy) is 1. The van der Waals surface area contributed by atoms with Gasteiger partial charge in [-0.15, -0.1) is 0 Å². The molecule has 1 fully saturated rings. The van der Waals surface area contributed by atoms with E-state index in [1.165, 1.54) is 31.2 Å². The van der Waals surface area contributed by atoms with E-state index >= 15 is 0 Å². The summed E-state index contributed by atoms with van der Waals surface area (Å²) in [5.41, 5.74) is 2.02. The molecule has 0 spiro atoms. The molecule has 158 valence electrons. The molecule has 1 atom stereocenters. The topological polar surface area (TPSA) is 75.7 Å². The van der Waals surface area contributed by atoms with Crippen LogP contribution in [0.25, 0.3) is 0 Å². The maximum absolute atomic E-state index is 12.9. The van der Waals surface area contributed by atoms with Crippen LogP contribution in [-0.2, 0) is 14.3 Å². The van der Waals surface area contributed by atoms with Crippen LogP contribution in [-0.4, -0.2) is 41.9 Å². The summed E-state index contributed by atoms with van der Waals surface area (Å²) < 4.78 is 18.3. The predicted octanol–water partition coefficient (Wildman–Crippen LogP) is 3.56. The van der Waals surface area contributed by atoms with E-state index in [4.69, 9.17) is 4.74 Å². The third kappa shape index (κ3) is 5.23. The summed E-state index contributed by atoms with van der Waals surface area (Å²) in [6.07, 6.45) is 0.0000815. The molecular weight excluding hydrogens is 387 g/mol. The molecule has 7 heteroatoms. The summed E-state index contributed by atoms with van der Waals surface area (Å²) in [5.74, 6) is -1.72. The Bertz CT molecular complexity index is 921. The number of likely N-dealkylation sites (tertiary alicyclic amines) is 1. The minimum Gasteiger partial charge on any atom is -0.452 e. The molecule has 0 aromatic heterocycles. The van der Waals surface area contributed by atoms with Crippen molar-refractivity contribution in [3.63, 3.8) is 0 Å². The van der Waals surface area contributed by atoms with Crippen LogP contribution in [0.5, 0.6) is 0 Å². The van der Waals surface area contributed by atoms with Gasteiger partial charge in [-0.1, -0.05) is 18.2 Å². The van der Waals surface area contributed by atoms with Crippen molar-refractivity contribution in [1.29, 1.82) is 0 Å². The van der Waals surface area contributed by atoms with E-state index < -0.39 is 23.8 Å². The molecule has 2 aromatic rings. The number of rotatable bonds is 5. The van der Waals surface area contributed by atoms with E-state index in [0.29, 0.717) is 37.2 Å². The van der Waals surface area contributed by atoms with E-state index in [0.717, 1.165) is 5.56 Å². The highest BCUT2D eigenvalue weighted by Gasteiger charge is 2.31. The quantitative estimate of drug-likeness (QED) is 0.762. The highest BCUT2D eigenvalue weighted by Crippen LogP contribution is 2.22. The van der Waals surface area contributed by atoms with Crippen molar-refractivity contribution in [2.45, 2.75) is 32.8 Å². The van der Waals surface area contributed by atoms with Gasteiger partial charge in [0.2, 0.25) is 0 Å². The second-order valence-electron chi connectivity index (χ2n) is 7.46. The van der Waals surface area contributed by atoms with Crippen LogP contribution in [0.1, 0.15) is 35.7 Å². The number of hydrogen-bond acceptors (Lipinski definition) is 4. The average molecular weight is 412 g/mol. The van der Waals surface area contributed by atoms with Crippen molar-refractivity contribution in [3.05, 3.63) is 65.5 Å². The van der Waals surface area contributed by atoms with Crippen LogP contribution in [0, 0.1) is 18.7 Å². The van der Waals surface area contributed by atoms with Gasteiger partial charge in [-0.25, -0.2) is 4.39 Å². The van der Waals surface area contributed by atoms with Crippen molar-refractivity contribution in [3.8, 4) is 0 Å². The second-order valence-corrected chi connectivity index (χ2v) is 7.46. The number of esters is 1. The van der Waals surface area contributed by atoms with Gasteiger partial charge in [0.15, 0.2) is 6.10 Å². The molecule has 0 unspecified atom stereocenters. The zero-order chi connectivity index (χ0) is 21.7. The molecular formula is C23H25FN2O4. The molecule has 1 N–H and O–H groups in total. The first-order chi connectivity index (χ1) is 14.3. The Hall–Kier alpha value is -3.22. The molecule has 1 aliphatic heterocycles. The second kappa shape index (κ2) is 9.52. The lowest BCUT2D eigenvalue weighted by Gasteiger charge is -2.31. The van der Waals surface area contributed by atoms with Crippen molar-refractivity contribution in [2.75, 3.05) is 18.4 Å². The number of aryl methyl sites for hydroxylation is 1. The molecule has 1 heterocycles. The zero-order valence-corrected chi connectivity index (χ0v) is 17.1. The minimum atomic E-state index is -0.978. The Morgan fingerprint density at radius 1 is 1.07 bits per heavy atom. The number of nitrogens with zero attached hydrogens (tertiary/aromatic N) is 1. The van der Waals surface area contributed by atoms with E-state index in [2.05, 4.69) is 5.32 Å². The predicted molar refractivity (Wildman–Crippen MR) is 110 cm³/mol. The summed E-state index contributed by atoms with van der Waals surface area (Å²) in [6.45, 7) is 4.31. The number of benzene rings is 2. The number of piperidine rings is 1. The van der Waals surface area contributed by atoms with Crippen molar-refractivity contribution < 1.29 is 23.5 Å². The Kier molecular flexibility index (Phi) is 6.82. The van der Waals surface area contributed by atoms with Crippen LogP contribution in [0.15, 0.2) is 48.5 Å². The van der Waals surface area contributed by atoms with Crippen LogP contribution >= 0.6 is 0 Å². The molecule has 2 aromatic carbocycles. The van der Waals surface area contributed by atoms with E-state index in [1.807, 2.05) is 25.1 Å². The van der Waals surface area contributed by atoms with Gasteiger partial charge in [-0.05, 0) is 62.6 Å². The fraction of sp³-hybridized carbons (Fsp3) is 0.348. The lowest BCUT2D eigenvalue weighted by molar-refractivity contribution is -0.158. The zero-order valence-electron chi connectivity index (χ0n) is 17.1. The molecule has 0 bridgehead atoms. The normalized spacial score (nSPS) is 15.4. The van der Waals surface area contributed by atoms with Gasteiger partial charge in [-0.2, -0.15) is 0 Å². The summed E-state index contributed by atoms with van der Waals surface area (Å²) >= 11 is 0. The fourth-order valence-corrected chi connectivity index (χ4v) is 3.40. The Balaban J connectivity index is 1.48. The minimum absolute atomic E-state index is 0.0352. The largest absolute Gasteiger partial charge is 0.452 e. The Labute approximate surface area is 175 Å². The number of amides is 2. The highest BCUT2D eigenvalue weighted by molar-refractivity contribution is 5.96. The SMILES string of the molecule is Cc1ccccc1C(=O)N1CCC(C(=O)O[C@@H](C)C(=O)Nc2ccc(F)cc2)CC1. The first kappa shape index (κ1) is 21.5. The smallest absolute Gasteiger partial charge is 0.309 e. The van der Waals surface area contributed by atoms with Gasteiger partial charge in [0.25, 0.3) is 11.8 Å². The summed E-state index contributed by atoms with van der Waals surface area (Å²) in [7, 11) is 0. The molecule has 2 amide bonds. The summed E-state index contributed by atoms with van der Waals surface area (Å²) in [5, 5.41) is 2.59. The molecule has 0 saturated carbocycles. The number of carbonyl (C=O) groups is 3. The number of nitrogens with one attached hydrogen (secondary N) is 1. The number of halogens is 1. The molecule has 0 aliphatic carbocycles. The molecule has 1 aliphatic rings. The van der Waals surface area contributed by atoms with Gasteiger partial charge < -0.3 is 15.0 Å². The number of carbonyl (C=O) groups excluding carboxylic acids is 3. The maximum Gasteiger partial charge on any atom is 0.309 e. The van der Waals surface area contributed by atoms with Gasteiger partial charge in [0.1, 0.15) is 5.82 Å². The van der Waals surface area contributed by atoms with Gasteiger partial charge in [-0.3, -0.25) is 14.4 Å². The monoisotopic (exact) mass is 412 g/mol. The number of anilines is 1. The van der Waals surface area contributed by atoms with E-state index in [9.17, 15) is 18.8 Å². The first-order valence-electron chi connectivity index (χ1n) is 9.97. The summed E-state index contributed by atoms with van der Waals surface area (Å²) in [6, 6.07) is 12.8. The number of hydrogen-bond donors (Lipinski definition) is 1. The van der Waals surface area contributed by atoms with Crippen molar-refractivity contribution >= 4 is 23.5 Å². The molecule has 30 heavy (non-hydrogen) atoms.